The lowest BCUT2D eigenvalue weighted by atomic mass is 9.65. The Morgan fingerprint density at radius 3 is 2.47 bits per heavy atom. The summed E-state index contributed by atoms with van der Waals surface area (Å²) in [6.45, 7) is 1.85. The van der Waals surface area contributed by atoms with E-state index >= 15 is 0 Å². The quantitative estimate of drug-likeness (QED) is 0.285. The van der Waals surface area contributed by atoms with Crippen molar-refractivity contribution in [2.24, 2.45) is 10.9 Å². The molecule has 5 nitrogen and oxygen atoms in total. The van der Waals surface area contributed by atoms with Gasteiger partial charge < -0.3 is 15.7 Å². The van der Waals surface area contributed by atoms with Crippen LogP contribution < -0.4 is 5.73 Å². The van der Waals surface area contributed by atoms with E-state index in [2.05, 4.69) is 5.16 Å². The normalized spacial score (nSPS) is 17.6. The molecule has 1 aliphatic carbocycles. The number of nitrogens with zero attached hydrogens (tertiary/aromatic N) is 1. The zero-order valence-corrected chi connectivity index (χ0v) is 10.9. The van der Waals surface area contributed by atoms with Gasteiger partial charge in [0.25, 0.3) is 0 Å². The Morgan fingerprint density at radius 2 is 2.05 bits per heavy atom. The average Bonchev–Trinajstić information content (AvgIpc) is 2.37. The van der Waals surface area contributed by atoms with Crippen LogP contribution in [0.5, 0.6) is 0 Å². The lowest BCUT2D eigenvalue weighted by molar-refractivity contribution is -0.144. The smallest absolute Gasteiger partial charge is 0.302 e. The second kappa shape index (κ2) is 5.30. The van der Waals surface area contributed by atoms with Gasteiger partial charge in [-0.1, -0.05) is 35.8 Å². The number of amidine groups is 1. The standard InChI is InChI=1S/C14H18N2O3/c1-10(17)19-9-14(7-2-8-14)12-5-3-11(4-6-12)13(15)16-18/h3-6,18H,2,7-9H2,1H3,(H2,15,16). The molecule has 0 amide bonds. The maximum absolute atomic E-state index is 11.0. The fourth-order valence-electron chi connectivity index (χ4n) is 2.41. The van der Waals surface area contributed by atoms with E-state index in [0.29, 0.717) is 12.2 Å². The molecule has 1 saturated carbocycles. The summed E-state index contributed by atoms with van der Waals surface area (Å²) in [6.07, 6.45) is 3.18. The molecule has 0 unspecified atom stereocenters. The zero-order valence-electron chi connectivity index (χ0n) is 10.9. The fraction of sp³-hybridized carbons (Fsp3) is 0.429. The van der Waals surface area contributed by atoms with Gasteiger partial charge in [0.15, 0.2) is 5.84 Å². The van der Waals surface area contributed by atoms with Gasteiger partial charge in [-0.25, -0.2) is 0 Å². The van der Waals surface area contributed by atoms with Gasteiger partial charge in [-0.2, -0.15) is 0 Å². The highest BCUT2D eigenvalue weighted by Gasteiger charge is 2.39. The van der Waals surface area contributed by atoms with Crippen LogP contribution in [-0.2, 0) is 14.9 Å². The van der Waals surface area contributed by atoms with Crippen molar-refractivity contribution in [3.8, 4) is 0 Å². The molecule has 5 heteroatoms. The van der Waals surface area contributed by atoms with Crippen molar-refractivity contribution >= 4 is 11.8 Å². The van der Waals surface area contributed by atoms with Gasteiger partial charge in [-0.05, 0) is 18.4 Å². The second-order valence-electron chi connectivity index (χ2n) is 4.98. The molecule has 0 bridgehead atoms. The predicted octanol–water partition coefficient (Wildman–Crippen LogP) is 1.77. The van der Waals surface area contributed by atoms with Gasteiger partial charge in [-0.15, -0.1) is 0 Å². The highest BCUT2D eigenvalue weighted by molar-refractivity contribution is 5.97. The van der Waals surface area contributed by atoms with Crippen molar-refractivity contribution in [1.82, 2.24) is 0 Å². The number of carbonyl (C=O) groups is 1. The van der Waals surface area contributed by atoms with E-state index in [-0.39, 0.29) is 17.2 Å². The van der Waals surface area contributed by atoms with Crippen LogP contribution in [-0.4, -0.2) is 23.6 Å². The van der Waals surface area contributed by atoms with E-state index in [1.807, 2.05) is 24.3 Å². The summed E-state index contributed by atoms with van der Waals surface area (Å²) in [5.74, 6) is -0.159. The number of hydrogen-bond acceptors (Lipinski definition) is 4. The van der Waals surface area contributed by atoms with Gasteiger partial charge in [0.1, 0.15) is 6.61 Å². The Labute approximate surface area is 112 Å². The van der Waals surface area contributed by atoms with E-state index < -0.39 is 0 Å². The Kier molecular flexibility index (Phi) is 3.74. The van der Waals surface area contributed by atoms with E-state index in [1.165, 1.54) is 6.92 Å². The monoisotopic (exact) mass is 262 g/mol. The van der Waals surface area contributed by atoms with Gasteiger partial charge in [0.2, 0.25) is 0 Å². The Morgan fingerprint density at radius 1 is 1.42 bits per heavy atom. The minimum Gasteiger partial charge on any atom is -0.465 e. The molecule has 1 aliphatic rings. The van der Waals surface area contributed by atoms with Crippen LogP contribution in [0.25, 0.3) is 0 Å². The van der Waals surface area contributed by atoms with Crippen LogP contribution in [0.2, 0.25) is 0 Å². The molecule has 0 saturated heterocycles. The molecule has 0 spiro atoms. The van der Waals surface area contributed by atoms with Crippen molar-refractivity contribution in [1.29, 1.82) is 0 Å². The number of hydrogen-bond donors (Lipinski definition) is 2. The summed E-state index contributed by atoms with van der Waals surface area (Å²) >= 11 is 0. The number of rotatable bonds is 4. The minimum atomic E-state index is -0.250. The average molecular weight is 262 g/mol. The number of nitrogens with two attached hydrogens (primary N) is 1. The molecular formula is C14H18N2O3. The molecule has 0 radical (unpaired) electrons. The Bertz CT molecular complexity index is 490. The van der Waals surface area contributed by atoms with Gasteiger partial charge in [0, 0.05) is 17.9 Å². The van der Waals surface area contributed by atoms with Crippen molar-refractivity contribution in [3.05, 3.63) is 35.4 Å². The molecule has 19 heavy (non-hydrogen) atoms. The molecule has 102 valence electrons. The van der Waals surface area contributed by atoms with Crippen LogP contribution in [0.4, 0.5) is 0 Å². The van der Waals surface area contributed by atoms with Gasteiger partial charge in [-0.3, -0.25) is 4.79 Å². The summed E-state index contributed by atoms with van der Waals surface area (Å²) in [6, 6.07) is 7.54. The van der Waals surface area contributed by atoms with Gasteiger partial charge in [0.05, 0.1) is 0 Å². The van der Waals surface area contributed by atoms with Crippen molar-refractivity contribution in [3.63, 3.8) is 0 Å². The summed E-state index contributed by atoms with van der Waals surface area (Å²) in [7, 11) is 0. The number of esters is 1. The van der Waals surface area contributed by atoms with Crippen molar-refractivity contribution < 1.29 is 14.7 Å². The third-order valence-electron chi connectivity index (χ3n) is 3.76. The van der Waals surface area contributed by atoms with E-state index in [4.69, 9.17) is 15.7 Å². The Hall–Kier alpha value is -2.04. The first kappa shape index (κ1) is 13.4. The van der Waals surface area contributed by atoms with E-state index in [1.54, 1.807) is 0 Å². The van der Waals surface area contributed by atoms with Crippen LogP contribution in [0, 0.1) is 0 Å². The molecule has 1 fully saturated rings. The first-order valence-corrected chi connectivity index (χ1v) is 6.29. The molecule has 1 aromatic carbocycles. The van der Waals surface area contributed by atoms with E-state index in [0.717, 1.165) is 24.8 Å². The summed E-state index contributed by atoms with van der Waals surface area (Å²) < 4.78 is 5.18. The molecule has 0 aromatic heterocycles. The zero-order chi connectivity index (χ0) is 13.9. The molecule has 0 atom stereocenters. The Balaban J connectivity index is 2.17. The fourth-order valence-corrected chi connectivity index (χ4v) is 2.41. The molecule has 0 aliphatic heterocycles. The second-order valence-corrected chi connectivity index (χ2v) is 4.98. The highest BCUT2D eigenvalue weighted by Crippen LogP contribution is 2.44. The number of ether oxygens (including phenoxy) is 1. The summed E-state index contributed by atoms with van der Waals surface area (Å²) in [5.41, 5.74) is 7.28. The highest BCUT2D eigenvalue weighted by atomic mass is 16.5. The topological polar surface area (TPSA) is 84.9 Å². The lowest BCUT2D eigenvalue weighted by Crippen LogP contribution is -2.39. The summed E-state index contributed by atoms with van der Waals surface area (Å²) in [4.78, 5) is 11.0. The SMILES string of the molecule is CC(=O)OCC1(c2ccc(C(N)=NO)cc2)CCC1. The first-order chi connectivity index (χ1) is 9.07. The van der Waals surface area contributed by atoms with Crippen molar-refractivity contribution in [2.45, 2.75) is 31.6 Å². The number of benzene rings is 1. The largest absolute Gasteiger partial charge is 0.465 e. The number of oxime groups is 1. The molecule has 1 aromatic rings. The number of carbonyl (C=O) groups excluding carboxylic acids is 1. The summed E-state index contributed by atoms with van der Waals surface area (Å²) in [5, 5.41) is 11.6. The maximum atomic E-state index is 11.0. The van der Waals surface area contributed by atoms with Crippen LogP contribution in [0.15, 0.2) is 29.4 Å². The lowest BCUT2D eigenvalue weighted by Gasteiger charge is -2.41. The molecular weight excluding hydrogens is 244 g/mol. The van der Waals surface area contributed by atoms with Crippen LogP contribution >= 0.6 is 0 Å². The van der Waals surface area contributed by atoms with Crippen LogP contribution in [0.3, 0.4) is 0 Å². The van der Waals surface area contributed by atoms with Crippen molar-refractivity contribution in [2.75, 3.05) is 6.61 Å². The third kappa shape index (κ3) is 2.70. The molecule has 3 N–H and O–H groups in total. The van der Waals surface area contributed by atoms with Gasteiger partial charge >= 0.3 is 5.97 Å². The minimum absolute atomic E-state index is 0.0602. The molecule has 0 heterocycles. The molecule has 2 rings (SSSR count). The van der Waals surface area contributed by atoms with E-state index in [9.17, 15) is 4.79 Å². The van der Waals surface area contributed by atoms with Crippen LogP contribution in [0.1, 0.15) is 37.3 Å². The third-order valence-corrected chi connectivity index (χ3v) is 3.76. The predicted molar refractivity (Wildman–Crippen MR) is 71.1 cm³/mol. The maximum Gasteiger partial charge on any atom is 0.302 e. The first-order valence-electron chi connectivity index (χ1n) is 6.29.